The summed E-state index contributed by atoms with van der Waals surface area (Å²) in [7, 11) is 0. The highest BCUT2D eigenvalue weighted by atomic mass is 16.5. The Bertz CT molecular complexity index is 996. The standard InChI is InChI=1S/C21H18N2O2/c1-3-25-17-9-7-15(8-10-17)18-12-20(23-21(24)19(18)13-22)16-6-4-5-14(2)11-16/h4-12H,3H2,1-2H3,(H,23,24). The van der Waals surface area contributed by atoms with Gasteiger partial charge < -0.3 is 9.72 Å². The van der Waals surface area contributed by atoms with Gasteiger partial charge in [0.1, 0.15) is 17.4 Å². The van der Waals surface area contributed by atoms with Crippen LogP contribution in [0.1, 0.15) is 18.1 Å². The third kappa shape index (κ3) is 3.46. The van der Waals surface area contributed by atoms with Gasteiger partial charge in [0.15, 0.2) is 0 Å². The van der Waals surface area contributed by atoms with Crippen molar-refractivity contribution in [3.8, 4) is 34.2 Å². The smallest absolute Gasteiger partial charge is 0.266 e. The molecular weight excluding hydrogens is 312 g/mol. The summed E-state index contributed by atoms with van der Waals surface area (Å²) >= 11 is 0. The summed E-state index contributed by atoms with van der Waals surface area (Å²) in [5.74, 6) is 0.758. The van der Waals surface area contributed by atoms with Gasteiger partial charge in [0.2, 0.25) is 0 Å². The molecule has 0 amide bonds. The fourth-order valence-corrected chi connectivity index (χ4v) is 2.76. The van der Waals surface area contributed by atoms with Gasteiger partial charge in [0, 0.05) is 11.3 Å². The summed E-state index contributed by atoms with van der Waals surface area (Å²) in [5, 5.41) is 9.41. The lowest BCUT2D eigenvalue weighted by Gasteiger charge is -2.10. The minimum Gasteiger partial charge on any atom is -0.494 e. The number of H-pyrrole nitrogens is 1. The van der Waals surface area contributed by atoms with E-state index in [2.05, 4.69) is 4.98 Å². The van der Waals surface area contributed by atoms with Crippen molar-refractivity contribution in [2.45, 2.75) is 13.8 Å². The van der Waals surface area contributed by atoms with Crippen LogP contribution in [-0.4, -0.2) is 11.6 Å². The maximum Gasteiger partial charge on any atom is 0.266 e. The number of hydrogen-bond donors (Lipinski definition) is 1. The Morgan fingerprint density at radius 2 is 1.84 bits per heavy atom. The Kier molecular flexibility index (Phi) is 4.67. The Hall–Kier alpha value is -3.32. The van der Waals surface area contributed by atoms with E-state index in [0.29, 0.717) is 17.9 Å². The monoisotopic (exact) mass is 330 g/mol. The first kappa shape index (κ1) is 16.5. The molecule has 0 atom stereocenters. The number of benzene rings is 2. The number of aryl methyl sites for hydroxylation is 1. The van der Waals surface area contributed by atoms with Crippen LogP contribution in [0.3, 0.4) is 0 Å². The Morgan fingerprint density at radius 1 is 1.08 bits per heavy atom. The molecule has 25 heavy (non-hydrogen) atoms. The number of nitriles is 1. The van der Waals surface area contributed by atoms with E-state index >= 15 is 0 Å². The highest BCUT2D eigenvalue weighted by molar-refractivity contribution is 5.75. The second-order valence-electron chi connectivity index (χ2n) is 5.74. The van der Waals surface area contributed by atoms with Crippen LogP contribution in [0.2, 0.25) is 0 Å². The Morgan fingerprint density at radius 3 is 2.48 bits per heavy atom. The molecule has 0 bridgehead atoms. The molecule has 3 aromatic rings. The van der Waals surface area contributed by atoms with Gasteiger partial charge in [-0.25, -0.2) is 0 Å². The van der Waals surface area contributed by atoms with Crippen LogP contribution in [0.15, 0.2) is 59.4 Å². The van der Waals surface area contributed by atoms with Crippen LogP contribution in [-0.2, 0) is 0 Å². The maximum atomic E-state index is 12.4. The normalized spacial score (nSPS) is 10.3. The average Bonchev–Trinajstić information content (AvgIpc) is 2.62. The topological polar surface area (TPSA) is 65.9 Å². The Labute approximate surface area is 146 Å². The van der Waals surface area contributed by atoms with Crippen molar-refractivity contribution in [1.82, 2.24) is 4.98 Å². The number of ether oxygens (including phenoxy) is 1. The summed E-state index contributed by atoms with van der Waals surface area (Å²) in [6.45, 7) is 4.51. The number of nitrogens with one attached hydrogen (secondary N) is 1. The predicted molar refractivity (Wildman–Crippen MR) is 98.6 cm³/mol. The summed E-state index contributed by atoms with van der Waals surface area (Å²) in [4.78, 5) is 15.2. The number of nitrogens with zero attached hydrogens (tertiary/aromatic N) is 1. The second kappa shape index (κ2) is 7.06. The number of aromatic amines is 1. The van der Waals surface area contributed by atoms with Gasteiger partial charge in [-0.05, 0) is 49.2 Å². The van der Waals surface area contributed by atoms with Crippen molar-refractivity contribution in [2.24, 2.45) is 0 Å². The second-order valence-corrected chi connectivity index (χ2v) is 5.74. The van der Waals surface area contributed by atoms with Gasteiger partial charge in [0.25, 0.3) is 5.56 Å². The van der Waals surface area contributed by atoms with E-state index in [1.807, 2.05) is 74.5 Å². The zero-order valence-corrected chi connectivity index (χ0v) is 14.2. The van der Waals surface area contributed by atoms with Crippen LogP contribution in [0, 0.1) is 18.3 Å². The highest BCUT2D eigenvalue weighted by Gasteiger charge is 2.12. The van der Waals surface area contributed by atoms with Crippen molar-refractivity contribution in [1.29, 1.82) is 5.26 Å². The van der Waals surface area contributed by atoms with Gasteiger partial charge in [-0.3, -0.25) is 4.79 Å². The predicted octanol–water partition coefficient (Wildman–Crippen LogP) is 4.29. The first-order chi connectivity index (χ1) is 12.1. The molecule has 4 nitrogen and oxygen atoms in total. The highest BCUT2D eigenvalue weighted by Crippen LogP contribution is 2.28. The van der Waals surface area contributed by atoms with Gasteiger partial charge in [0.05, 0.1) is 6.61 Å². The molecule has 0 spiro atoms. The number of pyridine rings is 1. The number of aromatic nitrogens is 1. The molecule has 0 fully saturated rings. The molecule has 1 N–H and O–H groups in total. The first-order valence-corrected chi connectivity index (χ1v) is 8.10. The van der Waals surface area contributed by atoms with Gasteiger partial charge in [-0.15, -0.1) is 0 Å². The lowest BCUT2D eigenvalue weighted by Crippen LogP contribution is -2.12. The molecule has 0 unspecified atom stereocenters. The summed E-state index contributed by atoms with van der Waals surface area (Å²) < 4.78 is 5.45. The molecule has 4 heteroatoms. The molecular formula is C21H18N2O2. The summed E-state index contributed by atoms with van der Waals surface area (Å²) in [6, 6.07) is 19.2. The van der Waals surface area contributed by atoms with E-state index < -0.39 is 0 Å². The molecule has 0 radical (unpaired) electrons. The average molecular weight is 330 g/mol. The number of rotatable bonds is 4. The van der Waals surface area contributed by atoms with Crippen molar-refractivity contribution < 1.29 is 4.74 Å². The molecule has 1 aromatic heterocycles. The van der Waals surface area contributed by atoms with Gasteiger partial charge in [-0.2, -0.15) is 5.26 Å². The maximum absolute atomic E-state index is 12.4. The van der Waals surface area contributed by atoms with E-state index in [-0.39, 0.29) is 11.1 Å². The lowest BCUT2D eigenvalue weighted by molar-refractivity contribution is 0.340. The van der Waals surface area contributed by atoms with E-state index in [4.69, 9.17) is 4.74 Å². The van der Waals surface area contributed by atoms with Gasteiger partial charge >= 0.3 is 0 Å². The van der Waals surface area contributed by atoms with Crippen LogP contribution < -0.4 is 10.3 Å². The largest absolute Gasteiger partial charge is 0.494 e. The molecule has 124 valence electrons. The molecule has 0 saturated carbocycles. The quantitative estimate of drug-likeness (QED) is 0.776. The van der Waals surface area contributed by atoms with Gasteiger partial charge in [-0.1, -0.05) is 35.9 Å². The van der Waals surface area contributed by atoms with Crippen LogP contribution >= 0.6 is 0 Å². The zero-order valence-electron chi connectivity index (χ0n) is 14.2. The van der Waals surface area contributed by atoms with E-state index in [1.54, 1.807) is 0 Å². The molecule has 0 aliphatic heterocycles. The zero-order chi connectivity index (χ0) is 17.8. The van der Waals surface area contributed by atoms with Crippen molar-refractivity contribution >= 4 is 0 Å². The third-order valence-corrected chi connectivity index (χ3v) is 3.95. The van der Waals surface area contributed by atoms with Crippen LogP contribution in [0.25, 0.3) is 22.4 Å². The summed E-state index contributed by atoms with van der Waals surface area (Å²) in [6.07, 6.45) is 0. The fraction of sp³-hybridized carbons (Fsp3) is 0.143. The van der Waals surface area contributed by atoms with Crippen molar-refractivity contribution in [3.63, 3.8) is 0 Å². The van der Waals surface area contributed by atoms with Crippen molar-refractivity contribution in [3.05, 3.63) is 76.1 Å². The molecule has 1 heterocycles. The van der Waals surface area contributed by atoms with Crippen molar-refractivity contribution in [2.75, 3.05) is 6.61 Å². The first-order valence-electron chi connectivity index (χ1n) is 8.10. The molecule has 0 saturated heterocycles. The summed E-state index contributed by atoms with van der Waals surface area (Å²) in [5.41, 5.74) is 3.85. The van der Waals surface area contributed by atoms with Crippen LogP contribution in [0.5, 0.6) is 5.75 Å². The van der Waals surface area contributed by atoms with E-state index in [1.165, 1.54) is 0 Å². The van der Waals surface area contributed by atoms with E-state index in [0.717, 1.165) is 22.4 Å². The number of hydrogen-bond acceptors (Lipinski definition) is 3. The van der Waals surface area contributed by atoms with E-state index in [9.17, 15) is 10.1 Å². The molecule has 2 aromatic carbocycles. The Balaban J connectivity index is 2.15. The molecule has 0 aliphatic carbocycles. The lowest BCUT2D eigenvalue weighted by atomic mass is 9.98. The third-order valence-electron chi connectivity index (χ3n) is 3.95. The van der Waals surface area contributed by atoms with Crippen LogP contribution in [0.4, 0.5) is 0 Å². The minimum absolute atomic E-state index is 0.112. The molecule has 0 aliphatic rings. The fourth-order valence-electron chi connectivity index (χ4n) is 2.76. The molecule has 3 rings (SSSR count). The SMILES string of the molecule is CCOc1ccc(-c2cc(-c3cccc(C)c3)[nH]c(=O)c2C#N)cc1. The minimum atomic E-state index is -0.384.